The van der Waals surface area contributed by atoms with E-state index in [9.17, 15) is 0 Å². The summed E-state index contributed by atoms with van der Waals surface area (Å²) in [6.45, 7) is 0. The Morgan fingerprint density at radius 1 is 1.33 bits per heavy atom. The van der Waals surface area contributed by atoms with Crippen molar-refractivity contribution in [2.24, 2.45) is 0 Å². The van der Waals surface area contributed by atoms with Crippen LogP contribution in [0.1, 0.15) is 0 Å². The normalized spacial score (nSPS) is 10.2. The summed E-state index contributed by atoms with van der Waals surface area (Å²) in [7, 11) is 0. The van der Waals surface area contributed by atoms with Crippen LogP contribution < -0.4 is 0 Å². The second-order valence-electron chi connectivity index (χ2n) is 1.41. The Balaban J connectivity index is 2.95. The molecule has 0 atom stereocenters. The zero-order valence-corrected chi connectivity index (χ0v) is 5.09. The molecule has 0 N–H and O–H groups in total. The fraction of sp³-hybridized carbons (Fsp3) is 0. The molecule has 0 aliphatic rings. The number of nitrogens with zero attached hydrogens (tertiary/aromatic N) is 4. The van der Waals surface area contributed by atoms with Gasteiger partial charge in [0.25, 0.3) is 0 Å². The van der Waals surface area contributed by atoms with Crippen molar-refractivity contribution in [1.29, 1.82) is 0 Å². The van der Waals surface area contributed by atoms with Crippen molar-refractivity contribution in [3.8, 4) is 0 Å². The molecule has 2 rings (SSSR count). The molecule has 0 fully saturated rings. The summed E-state index contributed by atoms with van der Waals surface area (Å²) in [5.74, 6) is 0. The Kier molecular flexibility index (Phi) is 0.895. The van der Waals surface area contributed by atoms with Crippen molar-refractivity contribution in [2.45, 2.75) is 0 Å². The first-order chi connectivity index (χ1) is 4.47. The summed E-state index contributed by atoms with van der Waals surface area (Å²) in [4.78, 5) is 7.65. The van der Waals surface area contributed by atoms with Gasteiger partial charge in [-0.3, -0.25) is 0 Å². The van der Waals surface area contributed by atoms with Gasteiger partial charge >= 0.3 is 0 Å². The van der Waals surface area contributed by atoms with Crippen LogP contribution in [-0.4, -0.2) is 18.7 Å². The van der Waals surface area contributed by atoms with Crippen LogP contribution >= 0.6 is 11.7 Å². The zero-order valence-electron chi connectivity index (χ0n) is 4.27. The van der Waals surface area contributed by atoms with Crippen LogP contribution in [0.5, 0.6) is 0 Å². The summed E-state index contributed by atoms with van der Waals surface area (Å²) in [6.07, 6.45) is 4.04. The van der Waals surface area contributed by atoms with Crippen LogP contribution in [0.15, 0.2) is 6.20 Å². The summed E-state index contributed by atoms with van der Waals surface area (Å²) in [5, 5.41) is 0. The maximum Gasteiger partial charge on any atom is 0.213 e. The van der Waals surface area contributed by atoms with Gasteiger partial charge in [0.1, 0.15) is 6.20 Å². The minimum Gasteiger partial charge on any atom is -0.231 e. The van der Waals surface area contributed by atoms with Crippen LogP contribution in [0.2, 0.25) is 0 Å². The topological polar surface area (TPSA) is 51.6 Å². The number of hydrogen-bond acceptors (Lipinski definition) is 5. The minimum atomic E-state index is 0.572. The van der Waals surface area contributed by atoms with Crippen LogP contribution in [0.3, 0.4) is 0 Å². The SMILES string of the molecule is [c]1cnc2nsnc2n1. The maximum atomic E-state index is 3.86. The van der Waals surface area contributed by atoms with E-state index in [4.69, 9.17) is 0 Å². The van der Waals surface area contributed by atoms with Crippen molar-refractivity contribution in [3.05, 3.63) is 12.4 Å². The number of rotatable bonds is 0. The van der Waals surface area contributed by atoms with E-state index in [2.05, 4.69) is 24.9 Å². The van der Waals surface area contributed by atoms with Gasteiger partial charge in [-0.1, -0.05) is 0 Å². The van der Waals surface area contributed by atoms with E-state index >= 15 is 0 Å². The lowest BCUT2D eigenvalue weighted by atomic mass is 10.7. The van der Waals surface area contributed by atoms with Gasteiger partial charge in [-0.25, -0.2) is 9.97 Å². The second-order valence-corrected chi connectivity index (χ2v) is 1.94. The van der Waals surface area contributed by atoms with E-state index in [-0.39, 0.29) is 0 Å². The molecule has 2 aromatic heterocycles. The van der Waals surface area contributed by atoms with Gasteiger partial charge in [-0.15, -0.1) is 0 Å². The molecule has 0 aliphatic carbocycles. The van der Waals surface area contributed by atoms with E-state index in [0.717, 1.165) is 11.7 Å². The summed E-state index contributed by atoms with van der Waals surface area (Å²) >= 11 is 1.11. The second kappa shape index (κ2) is 1.70. The van der Waals surface area contributed by atoms with Crippen LogP contribution in [0.25, 0.3) is 11.3 Å². The zero-order chi connectivity index (χ0) is 6.10. The quantitative estimate of drug-likeness (QED) is 0.523. The summed E-state index contributed by atoms with van der Waals surface area (Å²) in [6, 6.07) is 0. The van der Waals surface area contributed by atoms with Crippen LogP contribution in [0.4, 0.5) is 0 Å². The van der Waals surface area contributed by atoms with E-state index in [1.54, 1.807) is 0 Å². The lowest BCUT2D eigenvalue weighted by molar-refractivity contribution is 1.24. The molecule has 4 nitrogen and oxygen atoms in total. The molecule has 0 saturated carbocycles. The van der Waals surface area contributed by atoms with E-state index in [0.29, 0.717) is 11.3 Å². The Morgan fingerprint density at radius 2 is 2.22 bits per heavy atom. The lowest BCUT2D eigenvalue weighted by Crippen LogP contribution is -1.78. The first-order valence-corrected chi connectivity index (χ1v) is 3.01. The molecule has 0 saturated heterocycles. The average molecular weight is 137 g/mol. The van der Waals surface area contributed by atoms with Crippen molar-refractivity contribution in [2.75, 3.05) is 0 Å². The van der Waals surface area contributed by atoms with E-state index in [1.165, 1.54) is 6.20 Å². The fourth-order valence-electron chi connectivity index (χ4n) is 0.511. The predicted molar refractivity (Wildman–Crippen MR) is 31.8 cm³/mol. The fourth-order valence-corrected chi connectivity index (χ4v) is 0.958. The molecule has 0 amide bonds. The molecule has 0 aliphatic heterocycles. The van der Waals surface area contributed by atoms with Gasteiger partial charge in [-0.05, 0) is 0 Å². The Bertz CT molecular complexity index is 287. The lowest BCUT2D eigenvalue weighted by Gasteiger charge is -1.76. The minimum absolute atomic E-state index is 0.572. The Hall–Kier alpha value is -1.10. The third-order valence-electron chi connectivity index (χ3n) is 0.870. The highest BCUT2D eigenvalue weighted by molar-refractivity contribution is 6.99. The van der Waals surface area contributed by atoms with Gasteiger partial charge in [0.05, 0.1) is 17.9 Å². The van der Waals surface area contributed by atoms with Crippen molar-refractivity contribution in [3.63, 3.8) is 0 Å². The van der Waals surface area contributed by atoms with E-state index in [1.807, 2.05) is 0 Å². The number of aromatic nitrogens is 4. The Morgan fingerprint density at radius 3 is 3.11 bits per heavy atom. The maximum absolute atomic E-state index is 3.86. The summed E-state index contributed by atoms with van der Waals surface area (Å²) < 4.78 is 7.70. The molecule has 5 heteroatoms. The van der Waals surface area contributed by atoms with Crippen molar-refractivity contribution < 1.29 is 0 Å². The number of hydrogen-bond donors (Lipinski definition) is 0. The Labute approximate surface area is 54.9 Å². The molecule has 0 unspecified atom stereocenters. The van der Waals surface area contributed by atoms with Crippen LogP contribution in [-0.2, 0) is 0 Å². The van der Waals surface area contributed by atoms with Crippen molar-refractivity contribution in [1.82, 2.24) is 18.7 Å². The third kappa shape index (κ3) is 0.655. The van der Waals surface area contributed by atoms with Gasteiger partial charge in [-0.2, -0.15) is 8.75 Å². The molecule has 43 valence electrons. The monoisotopic (exact) mass is 137 g/mol. The smallest absolute Gasteiger partial charge is 0.213 e. The molecule has 2 aromatic rings. The van der Waals surface area contributed by atoms with Gasteiger partial charge in [0.15, 0.2) is 0 Å². The van der Waals surface area contributed by atoms with Gasteiger partial charge in [0.2, 0.25) is 11.3 Å². The highest BCUT2D eigenvalue weighted by Gasteiger charge is 1.95. The molecule has 1 radical (unpaired) electrons. The number of fused-ring (bicyclic) bond motifs is 1. The van der Waals surface area contributed by atoms with Crippen LogP contribution in [0, 0.1) is 6.20 Å². The molecule has 2 heterocycles. The van der Waals surface area contributed by atoms with Crippen molar-refractivity contribution >= 4 is 23.0 Å². The molecule has 0 aromatic carbocycles. The van der Waals surface area contributed by atoms with Gasteiger partial charge < -0.3 is 0 Å². The van der Waals surface area contributed by atoms with Gasteiger partial charge in [0, 0.05) is 0 Å². The first kappa shape index (κ1) is 4.75. The highest BCUT2D eigenvalue weighted by Crippen LogP contribution is 2.00. The highest BCUT2D eigenvalue weighted by atomic mass is 32.1. The standard InChI is InChI=1S/C4HN4S/c1-2-6-4-3(5-1)7-9-8-4/h1H. The molecular formula is C4HN4S. The molecular weight excluding hydrogens is 136 g/mol. The average Bonchev–Trinajstić information content (AvgIpc) is 2.33. The summed E-state index contributed by atoms with van der Waals surface area (Å²) in [5.41, 5.74) is 1.17. The molecule has 0 spiro atoms. The first-order valence-electron chi connectivity index (χ1n) is 2.28. The third-order valence-corrected chi connectivity index (χ3v) is 1.38. The predicted octanol–water partition coefficient (Wildman–Crippen LogP) is 0.281. The van der Waals surface area contributed by atoms with E-state index < -0.39 is 0 Å². The molecule has 0 bridgehead atoms. The largest absolute Gasteiger partial charge is 0.231 e. The molecule has 9 heavy (non-hydrogen) atoms.